The summed E-state index contributed by atoms with van der Waals surface area (Å²) < 4.78 is 0. The molecule has 1 fully saturated rings. The minimum atomic E-state index is -0.430. The quantitative estimate of drug-likeness (QED) is 0.604. The molecule has 4 rings (SSSR count). The number of nitrogens with zero attached hydrogens (tertiary/aromatic N) is 2. The minimum absolute atomic E-state index is 0.0331. The highest BCUT2D eigenvalue weighted by molar-refractivity contribution is 5.96. The average Bonchev–Trinajstić information content (AvgIpc) is 2.77. The second-order valence-corrected chi connectivity index (χ2v) is 8.56. The van der Waals surface area contributed by atoms with Gasteiger partial charge in [-0.1, -0.05) is 48.5 Å². The van der Waals surface area contributed by atoms with Crippen molar-refractivity contribution in [3.8, 4) is 0 Å². The Hall–Kier alpha value is -3.38. The monoisotopic (exact) mass is 430 g/mol. The number of carbonyl (C=O) groups excluding carboxylic acids is 2. The van der Waals surface area contributed by atoms with Gasteiger partial charge in [-0.15, -0.1) is 0 Å². The van der Waals surface area contributed by atoms with Crippen molar-refractivity contribution in [2.75, 3.05) is 39.1 Å². The first-order valence-electron chi connectivity index (χ1n) is 11.0. The van der Waals surface area contributed by atoms with Crippen LogP contribution in [0.4, 0.5) is 5.69 Å². The first kappa shape index (κ1) is 21.8. The van der Waals surface area contributed by atoms with E-state index in [2.05, 4.69) is 22.6 Å². The van der Waals surface area contributed by atoms with Crippen molar-refractivity contribution in [1.29, 1.82) is 0 Å². The maximum atomic E-state index is 13.3. The van der Waals surface area contributed by atoms with Gasteiger partial charge >= 0.3 is 0 Å². The molecule has 1 unspecified atom stereocenters. The lowest BCUT2D eigenvalue weighted by Gasteiger charge is -2.37. The van der Waals surface area contributed by atoms with E-state index in [0.29, 0.717) is 11.6 Å². The van der Waals surface area contributed by atoms with Crippen molar-refractivity contribution in [3.63, 3.8) is 0 Å². The fraction of sp³-hybridized carbons (Fsp3) is 0.308. The number of amides is 2. The molecule has 2 N–H and O–H groups in total. The molecule has 1 atom stereocenters. The Morgan fingerprint density at radius 3 is 2.44 bits per heavy atom. The average molecular weight is 431 g/mol. The van der Waals surface area contributed by atoms with Crippen LogP contribution in [-0.2, 0) is 4.79 Å². The smallest absolute Gasteiger partial charge is 0.251 e. The number of carbonyl (C=O) groups is 2. The minimum Gasteiger partial charge on any atom is -0.369 e. The molecule has 1 aliphatic heterocycles. The summed E-state index contributed by atoms with van der Waals surface area (Å²) in [4.78, 5) is 29.6. The summed E-state index contributed by atoms with van der Waals surface area (Å²) in [5.74, 6) is -0.217. The van der Waals surface area contributed by atoms with Crippen molar-refractivity contribution in [2.24, 2.45) is 0 Å². The van der Waals surface area contributed by atoms with Gasteiger partial charge in [0.25, 0.3) is 5.91 Å². The van der Waals surface area contributed by atoms with Crippen LogP contribution in [0.1, 0.15) is 28.4 Å². The number of hydrogen-bond donors (Lipinski definition) is 2. The Balaban J connectivity index is 1.62. The van der Waals surface area contributed by atoms with Crippen LogP contribution in [0, 0.1) is 0 Å². The molecule has 32 heavy (non-hydrogen) atoms. The maximum Gasteiger partial charge on any atom is 0.251 e. The normalized spacial score (nSPS) is 14.5. The number of fused-ring (bicyclic) bond motifs is 1. The van der Waals surface area contributed by atoms with Crippen LogP contribution in [0.15, 0.2) is 66.7 Å². The third-order valence-corrected chi connectivity index (χ3v) is 6.20. The van der Waals surface area contributed by atoms with E-state index < -0.39 is 6.04 Å². The molecule has 2 amide bonds. The maximum absolute atomic E-state index is 13.3. The van der Waals surface area contributed by atoms with Gasteiger partial charge < -0.3 is 20.4 Å². The second kappa shape index (κ2) is 9.40. The van der Waals surface area contributed by atoms with Gasteiger partial charge in [0.05, 0.1) is 18.5 Å². The van der Waals surface area contributed by atoms with E-state index in [1.165, 1.54) is 0 Å². The van der Waals surface area contributed by atoms with Crippen LogP contribution < -0.4 is 15.5 Å². The Morgan fingerprint density at radius 2 is 1.72 bits per heavy atom. The summed E-state index contributed by atoms with van der Waals surface area (Å²) in [6, 6.07) is 21.7. The van der Waals surface area contributed by atoms with Crippen LogP contribution in [0.25, 0.3) is 10.8 Å². The number of anilines is 1. The van der Waals surface area contributed by atoms with Crippen LogP contribution in [0.3, 0.4) is 0 Å². The molecule has 166 valence electrons. The molecular weight excluding hydrogens is 400 g/mol. The van der Waals surface area contributed by atoms with Gasteiger partial charge in [-0.05, 0) is 34.5 Å². The standard InChI is InChI=1S/C26H30N4O2/c1-29(2)25(31)15-24(23-13-7-9-18-8-4-5-12-22(18)23)28-26(32)19-10-6-11-20(14-19)30(3)21-16-27-17-21/h4-14,21,24,27H,15-17H2,1-3H3,(H,28,32). The van der Waals surface area contributed by atoms with Crippen molar-refractivity contribution >= 4 is 28.3 Å². The lowest BCUT2D eigenvalue weighted by Crippen LogP contribution is -2.56. The van der Waals surface area contributed by atoms with Gasteiger partial charge in [-0.2, -0.15) is 0 Å². The Morgan fingerprint density at radius 1 is 1.00 bits per heavy atom. The summed E-state index contributed by atoms with van der Waals surface area (Å²) >= 11 is 0. The topological polar surface area (TPSA) is 64.7 Å². The number of hydrogen-bond acceptors (Lipinski definition) is 4. The fourth-order valence-corrected chi connectivity index (χ4v) is 4.02. The van der Waals surface area contributed by atoms with E-state index in [1.807, 2.05) is 66.7 Å². The Bertz CT molecular complexity index is 1120. The van der Waals surface area contributed by atoms with E-state index in [1.54, 1.807) is 19.0 Å². The predicted octanol–water partition coefficient (Wildman–Crippen LogP) is 3.20. The fourth-order valence-electron chi connectivity index (χ4n) is 4.02. The zero-order valence-electron chi connectivity index (χ0n) is 18.8. The summed E-state index contributed by atoms with van der Waals surface area (Å²) in [6.45, 7) is 1.89. The van der Waals surface area contributed by atoms with Crippen molar-refractivity contribution in [1.82, 2.24) is 15.5 Å². The molecule has 0 saturated carbocycles. The SMILES string of the molecule is CN(C)C(=O)CC(NC(=O)c1cccc(N(C)C2CNC2)c1)c1cccc2ccccc12. The van der Waals surface area contributed by atoms with Crippen molar-refractivity contribution in [3.05, 3.63) is 77.9 Å². The summed E-state index contributed by atoms with van der Waals surface area (Å²) in [6.07, 6.45) is 0.195. The molecular formula is C26H30N4O2. The molecule has 0 aliphatic carbocycles. The number of rotatable bonds is 7. The first-order valence-corrected chi connectivity index (χ1v) is 11.0. The van der Waals surface area contributed by atoms with E-state index >= 15 is 0 Å². The van der Waals surface area contributed by atoms with E-state index in [9.17, 15) is 9.59 Å². The highest BCUT2D eigenvalue weighted by Crippen LogP contribution is 2.27. The molecule has 0 aromatic heterocycles. The highest BCUT2D eigenvalue weighted by atomic mass is 16.2. The molecule has 3 aromatic carbocycles. The number of likely N-dealkylation sites (N-methyl/N-ethyl adjacent to an activating group) is 1. The zero-order chi connectivity index (χ0) is 22.7. The highest BCUT2D eigenvalue weighted by Gasteiger charge is 2.24. The lowest BCUT2D eigenvalue weighted by atomic mass is 9.96. The van der Waals surface area contributed by atoms with Crippen LogP contribution in [0.2, 0.25) is 0 Å². The molecule has 3 aromatic rings. The third kappa shape index (κ3) is 4.60. The molecule has 0 radical (unpaired) electrons. The number of benzene rings is 3. The Kier molecular flexibility index (Phi) is 6.42. The summed E-state index contributed by atoms with van der Waals surface area (Å²) in [5.41, 5.74) is 2.54. The van der Waals surface area contributed by atoms with E-state index in [4.69, 9.17) is 0 Å². The van der Waals surface area contributed by atoms with Crippen LogP contribution in [0.5, 0.6) is 0 Å². The summed E-state index contributed by atoms with van der Waals surface area (Å²) in [5, 5.41) is 8.53. The largest absolute Gasteiger partial charge is 0.369 e. The van der Waals surface area contributed by atoms with E-state index in [-0.39, 0.29) is 18.2 Å². The van der Waals surface area contributed by atoms with Crippen LogP contribution >= 0.6 is 0 Å². The van der Waals surface area contributed by atoms with Gasteiger partial charge in [-0.3, -0.25) is 9.59 Å². The van der Waals surface area contributed by atoms with Gasteiger partial charge in [0.15, 0.2) is 0 Å². The molecule has 6 heteroatoms. The molecule has 1 aliphatic rings. The number of nitrogens with one attached hydrogen (secondary N) is 2. The van der Waals surface area contributed by atoms with Gasteiger partial charge in [0.2, 0.25) is 5.91 Å². The lowest BCUT2D eigenvalue weighted by molar-refractivity contribution is -0.129. The van der Waals surface area contributed by atoms with Crippen molar-refractivity contribution in [2.45, 2.75) is 18.5 Å². The summed E-state index contributed by atoms with van der Waals surface area (Å²) in [7, 11) is 5.52. The molecule has 0 spiro atoms. The van der Waals surface area contributed by atoms with Gasteiger partial charge in [0, 0.05) is 45.5 Å². The Labute approximate surface area is 189 Å². The molecule has 1 heterocycles. The molecule has 6 nitrogen and oxygen atoms in total. The predicted molar refractivity (Wildman–Crippen MR) is 129 cm³/mol. The zero-order valence-corrected chi connectivity index (χ0v) is 18.8. The van der Waals surface area contributed by atoms with E-state index in [0.717, 1.165) is 35.1 Å². The van der Waals surface area contributed by atoms with Crippen molar-refractivity contribution < 1.29 is 9.59 Å². The first-order chi connectivity index (χ1) is 15.4. The molecule has 1 saturated heterocycles. The second-order valence-electron chi connectivity index (χ2n) is 8.56. The van der Waals surface area contributed by atoms with Crippen LogP contribution in [-0.4, -0.2) is 57.0 Å². The molecule has 0 bridgehead atoms. The third-order valence-electron chi connectivity index (χ3n) is 6.20. The van der Waals surface area contributed by atoms with Gasteiger partial charge in [-0.25, -0.2) is 0 Å². The van der Waals surface area contributed by atoms with Gasteiger partial charge in [0.1, 0.15) is 0 Å².